The van der Waals surface area contributed by atoms with Crippen LogP contribution in [0.5, 0.6) is 0 Å². The molecule has 88 valence electrons. The van der Waals surface area contributed by atoms with Crippen molar-refractivity contribution in [1.82, 2.24) is 10.2 Å². The molecule has 0 fully saturated rings. The molecule has 0 bridgehead atoms. The van der Waals surface area contributed by atoms with Gasteiger partial charge >= 0.3 is 12.0 Å². The average Bonchev–Trinajstić information content (AvgIpc) is 2.13. The minimum atomic E-state index is -1.25. The molecule has 0 unspecified atom stereocenters. The monoisotopic (exact) mass is 226 g/mol. The van der Waals surface area contributed by atoms with Gasteiger partial charge in [0.25, 0.3) is 5.91 Å². The molecule has 2 N–H and O–H groups in total. The number of hydrogen-bond acceptors (Lipinski definition) is 3. The van der Waals surface area contributed by atoms with Crippen molar-refractivity contribution in [2.45, 2.75) is 6.92 Å². The van der Waals surface area contributed by atoms with E-state index in [-0.39, 0.29) is 0 Å². The molecule has 16 heavy (non-hydrogen) atoms. The number of carboxylic acid groups (broad SMARTS) is 1. The molecule has 0 aromatic carbocycles. The molecule has 6 heteroatoms. The molecule has 0 aliphatic heterocycles. The van der Waals surface area contributed by atoms with E-state index in [4.69, 9.17) is 5.11 Å². The summed E-state index contributed by atoms with van der Waals surface area (Å²) in [5, 5.41) is 10.2. The molecule has 0 aliphatic carbocycles. The predicted octanol–water partition coefficient (Wildman–Crippen LogP) is 0.371. The fourth-order valence-electron chi connectivity index (χ4n) is 0.866. The third-order valence-corrected chi connectivity index (χ3v) is 1.46. The average molecular weight is 226 g/mol. The minimum absolute atomic E-state index is 0.321. The summed E-state index contributed by atoms with van der Waals surface area (Å²) in [4.78, 5) is 33.7. The number of nitrogens with zero attached hydrogens (tertiary/aromatic N) is 1. The second kappa shape index (κ2) is 6.39. The van der Waals surface area contributed by atoms with Crippen molar-refractivity contribution >= 4 is 17.9 Å². The fourth-order valence-corrected chi connectivity index (χ4v) is 0.866. The third-order valence-electron chi connectivity index (χ3n) is 1.46. The number of urea groups is 1. The summed E-state index contributed by atoms with van der Waals surface area (Å²) in [5.41, 5.74) is 0.770. The summed E-state index contributed by atoms with van der Waals surface area (Å²) in [7, 11) is 1.50. The Morgan fingerprint density at radius 2 is 1.94 bits per heavy atom. The third kappa shape index (κ3) is 6.36. The molecule has 3 amide bonds. The summed E-state index contributed by atoms with van der Waals surface area (Å²) in [6.45, 7) is 5.69. The Hall–Kier alpha value is -2.11. The van der Waals surface area contributed by atoms with E-state index in [1.807, 2.05) is 5.32 Å². The van der Waals surface area contributed by atoms with Crippen LogP contribution in [0.4, 0.5) is 4.79 Å². The zero-order chi connectivity index (χ0) is 12.7. The summed E-state index contributed by atoms with van der Waals surface area (Å²) in [5.74, 6) is -2.03. The Morgan fingerprint density at radius 1 is 1.38 bits per heavy atom. The van der Waals surface area contributed by atoms with Gasteiger partial charge in [-0.3, -0.25) is 10.1 Å². The number of carbonyl (C=O) groups is 3. The molecule has 0 aromatic heterocycles. The maximum atomic E-state index is 11.3. The van der Waals surface area contributed by atoms with Gasteiger partial charge in [-0.2, -0.15) is 0 Å². The number of imide groups is 1. The maximum absolute atomic E-state index is 11.3. The van der Waals surface area contributed by atoms with Gasteiger partial charge in [0.2, 0.25) is 0 Å². The molecule has 0 rings (SSSR count). The molecular weight excluding hydrogens is 212 g/mol. The lowest BCUT2D eigenvalue weighted by atomic mass is 10.3. The molecule has 0 saturated carbocycles. The van der Waals surface area contributed by atoms with Crippen molar-refractivity contribution < 1.29 is 19.5 Å². The highest BCUT2D eigenvalue weighted by Gasteiger charge is 2.10. The first kappa shape index (κ1) is 13.9. The Labute approximate surface area is 93.2 Å². The first-order valence-electron chi connectivity index (χ1n) is 4.44. The van der Waals surface area contributed by atoms with Gasteiger partial charge in [-0.05, 0) is 6.92 Å². The number of amides is 3. The smallest absolute Gasteiger partial charge is 0.328 e. The van der Waals surface area contributed by atoms with Crippen LogP contribution in [-0.2, 0) is 9.59 Å². The second-order valence-corrected chi connectivity index (χ2v) is 3.28. The van der Waals surface area contributed by atoms with E-state index in [2.05, 4.69) is 6.58 Å². The Balaban J connectivity index is 4.19. The number of nitrogens with one attached hydrogen (secondary N) is 1. The summed E-state index contributed by atoms with van der Waals surface area (Å²) in [6, 6.07) is -0.608. The molecular formula is C10H14N2O4. The van der Waals surface area contributed by atoms with E-state index in [1.165, 1.54) is 11.9 Å². The van der Waals surface area contributed by atoms with E-state index in [0.717, 1.165) is 11.6 Å². The SMILES string of the molecule is C=C(C)CN(C)C(=O)NC(=O)/C=C/C(=O)O. The normalized spacial score (nSPS) is 9.88. The molecule has 0 aliphatic rings. The highest BCUT2D eigenvalue weighted by molar-refractivity contribution is 6.02. The van der Waals surface area contributed by atoms with Crippen LogP contribution in [0.2, 0.25) is 0 Å². The van der Waals surface area contributed by atoms with Gasteiger partial charge in [0, 0.05) is 25.7 Å². The molecule has 0 saturated heterocycles. The summed E-state index contributed by atoms with van der Waals surface area (Å²) in [6.07, 6.45) is 1.43. The fraction of sp³-hybridized carbons (Fsp3) is 0.300. The van der Waals surface area contributed by atoms with Gasteiger partial charge in [0.1, 0.15) is 0 Å². The Kier molecular flexibility index (Phi) is 5.55. The first-order valence-corrected chi connectivity index (χ1v) is 4.44. The molecule has 0 spiro atoms. The standard InChI is InChI=1S/C10H14N2O4/c1-7(2)6-12(3)10(16)11-8(13)4-5-9(14)15/h4-5H,1,6H2,2-3H3,(H,14,15)(H,11,13,16)/b5-4+. The molecule has 0 aromatic rings. The number of rotatable bonds is 4. The van der Waals surface area contributed by atoms with E-state index >= 15 is 0 Å². The Bertz CT molecular complexity index is 347. The predicted molar refractivity (Wildman–Crippen MR) is 57.8 cm³/mol. The lowest BCUT2D eigenvalue weighted by molar-refractivity contribution is -0.131. The van der Waals surface area contributed by atoms with E-state index < -0.39 is 17.9 Å². The number of likely N-dealkylation sites (N-methyl/N-ethyl adjacent to an activating group) is 1. The van der Waals surface area contributed by atoms with Crippen molar-refractivity contribution in [3.8, 4) is 0 Å². The van der Waals surface area contributed by atoms with Crippen LogP contribution in [0.25, 0.3) is 0 Å². The molecule has 6 nitrogen and oxygen atoms in total. The van der Waals surface area contributed by atoms with E-state index in [1.54, 1.807) is 6.92 Å². The molecule has 0 radical (unpaired) electrons. The van der Waals surface area contributed by atoms with Crippen molar-refractivity contribution in [2.24, 2.45) is 0 Å². The lowest BCUT2D eigenvalue weighted by Crippen LogP contribution is -2.40. The van der Waals surface area contributed by atoms with Crippen LogP contribution in [0.3, 0.4) is 0 Å². The largest absolute Gasteiger partial charge is 0.478 e. The van der Waals surface area contributed by atoms with Crippen LogP contribution < -0.4 is 5.32 Å². The topological polar surface area (TPSA) is 86.7 Å². The van der Waals surface area contributed by atoms with Crippen LogP contribution >= 0.6 is 0 Å². The number of aliphatic carboxylic acids is 1. The Morgan fingerprint density at radius 3 is 2.38 bits per heavy atom. The highest BCUT2D eigenvalue weighted by Crippen LogP contribution is 1.92. The lowest BCUT2D eigenvalue weighted by Gasteiger charge is -2.16. The summed E-state index contributed by atoms with van der Waals surface area (Å²) < 4.78 is 0. The van der Waals surface area contributed by atoms with Crippen LogP contribution in [0.1, 0.15) is 6.92 Å². The van der Waals surface area contributed by atoms with Crippen molar-refractivity contribution in [3.63, 3.8) is 0 Å². The first-order chi connectivity index (χ1) is 7.32. The van der Waals surface area contributed by atoms with E-state index in [0.29, 0.717) is 12.6 Å². The number of carbonyl (C=O) groups excluding carboxylic acids is 2. The van der Waals surface area contributed by atoms with Crippen LogP contribution in [0, 0.1) is 0 Å². The van der Waals surface area contributed by atoms with Crippen molar-refractivity contribution in [3.05, 3.63) is 24.3 Å². The van der Waals surface area contributed by atoms with Gasteiger partial charge in [0.05, 0.1) is 0 Å². The summed E-state index contributed by atoms with van der Waals surface area (Å²) >= 11 is 0. The quantitative estimate of drug-likeness (QED) is 0.535. The van der Waals surface area contributed by atoms with Crippen LogP contribution in [0.15, 0.2) is 24.3 Å². The van der Waals surface area contributed by atoms with Gasteiger partial charge in [-0.15, -0.1) is 0 Å². The van der Waals surface area contributed by atoms with Crippen molar-refractivity contribution in [1.29, 1.82) is 0 Å². The zero-order valence-electron chi connectivity index (χ0n) is 9.19. The van der Waals surface area contributed by atoms with Gasteiger partial charge in [-0.25, -0.2) is 9.59 Å². The van der Waals surface area contributed by atoms with Crippen molar-refractivity contribution in [2.75, 3.05) is 13.6 Å². The van der Waals surface area contributed by atoms with E-state index in [9.17, 15) is 14.4 Å². The molecule has 0 atom stereocenters. The minimum Gasteiger partial charge on any atom is -0.478 e. The van der Waals surface area contributed by atoms with Gasteiger partial charge < -0.3 is 10.0 Å². The highest BCUT2D eigenvalue weighted by atomic mass is 16.4. The molecule has 0 heterocycles. The van der Waals surface area contributed by atoms with Gasteiger partial charge in [0.15, 0.2) is 0 Å². The zero-order valence-corrected chi connectivity index (χ0v) is 9.19. The van der Waals surface area contributed by atoms with Gasteiger partial charge in [-0.1, -0.05) is 12.2 Å². The number of carboxylic acids is 1. The second-order valence-electron chi connectivity index (χ2n) is 3.28. The van der Waals surface area contributed by atoms with Crippen LogP contribution in [-0.4, -0.2) is 41.5 Å². The maximum Gasteiger partial charge on any atom is 0.328 e. The number of hydrogen-bond donors (Lipinski definition) is 2.